The first kappa shape index (κ1) is 13.5. The first-order valence-corrected chi connectivity index (χ1v) is 5.81. The van der Waals surface area contributed by atoms with Crippen LogP contribution >= 0.6 is 0 Å². The number of allylic oxidation sites excluding steroid dienone is 1. The van der Waals surface area contributed by atoms with Crippen LogP contribution in [0.1, 0.15) is 25.5 Å². The van der Waals surface area contributed by atoms with Crippen LogP contribution in [0.3, 0.4) is 0 Å². The number of aryl methyl sites for hydroxylation is 1. The molecular formula is C15H17FN2O. The molecule has 3 nitrogen and oxygen atoms in total. The zero-order chi connectivity index (χ0) is 12.7. The summed E-state index contributed by atoms with van der Waals surface area (Å²) >= 11 is 0. The fourth-order valence-electron chi connectivity index (χ4n) is 2.37. The molecule has 1 atom stereocenters. The van der Waals surface area contributed by atoms with Crippen molar-refractivity contribution in [2.24, 2.45) is 12.0 Å². The minimum Gasteiger partial charge on any atom is -0.382 e. The second kappa shape index (κ2) is 4.97. The molecule has 100 valence electrons. The molecule has 0 saturated carbocycles. The van der Waals surface area contributed by atoms with Crippen molar-refractivity contribution in [1.82, 2.24) is 4.57 Å². The van der Waals surface area contributed by atoms with Crippen LogP contribution < -0.4 is 0 Å². The molecule has 4 heteroatoms. The van der Waals surface area contributed by atoms with Gasteiger partial charge < -0.3 is 9.67 Å². The van der Waals surface area contributed by atoms with E-state index in [0.717, 1.165) is 5.52 Å². The van der Waals surface area contributed by atoms with E-state index < -0.39 is 6.10 Å². The van der Waals surface area contributed by atoms with Crippen molar-refractivity contribution in [2.45, 2.75) is 20.0 Å². The van der Waals surface area contributed by atoms with Gasteiger partial charge in [0.2, 0.25) is 0 Å². The number of nitrogens with zero attached hydrogens (tertiary/aromatic N) is 2. The third-order valence-corrected chi connectivity index (χ3v) is 3.30. The summed E-state index contributed by atoms with van der Waals surface area (Å²) in [5.74, 6) is -0.270. The fourth-order valence-corrected chi connectivity index (χ4v) is 2.37. The largest absolute Gasteiger partial charge is 0.382 e. The van der Waals surface area contributed by atoms with Gasteiger partial charge in [0, 0.05) is 36.8 Å². The lowest BCUT2D eigenvalue weighted by molar-refractivity contribution is 0.247. The zero-order valence-electron chi connectivity index (χ0n) is 9.97. The van der Waals surface area contributed by atoms with E-state index in [4.69, 9.17) is 0 Å². The first-order valence-electron chi connectivity index (χ1n) is 5.81. The fraction of sp³-hybridized carbons (Fsp3) is 0.267. The Kier molecular flexibility index (Phi) is 3.53. The van der Waals surface area contributed by atoms with Crippen molar-refractivity contribution in [3.05, 3.63) is 48.1 Å². The molecule has 0 fully saturated rings. The topological polar surface area (TPSA) is 37.5 Å². The monoisotopic (exact) mass is 260 g/mol. The van der Waals surface area contributed by atoms with E-state index in [1.165, 1.54) is 6.07 Å². The average Bonchev–Trinajstić information content (AvgIpc) is 3.00. The molecule has 1 aromatic carbocycles. The van der Waals surface area contributed by atoms with Crippen molar-refractivity contribution < 1.29 is 9.50 Å². The summed E-state index contributed by atoms with van der Waals surface area (Å²) in [4.78, 5) is 4.14. The molecule has 0 aliphatic carbocycles. The maximum absolute atomic E-state index is 13.7. The van der Waals surface area contributed by atoms with Crippen molar-refractivity contribution in [2.75, 3.05) is 0 Å². The van der Waals surface area contributed by atoms with Crippen LogP contribution in [-0.2, 0) is 7.05 Å². The van der Waals surface area contributed by atoms with Gasteiger partial charge in [0.1, 0.15) is 11.9 Å². The molecule has 1 aliphatic heterocycles. The number of aliphatic imine (C=N–C) groups is 1. The molecule has 0 spiro atoms. The highest BCUT2D eigenvalue weighted by molar-refractivity contribution is 5.96. The third-order valence-electron chi connectivity index (χ3n) is 3.30. The van der Waals surface area contributed by atoms with Crippen LogP contribution in [0, 0.1) is 5.82 Å². The lowest BCUT2D eigenvalue weighted by atomic mass is 10.0. The van der Waals surface area contributed by atoms with Gasteiger partial charge in [0.05, 0.1) is 11.2 Å². The van der Waals surface area contributed by atoms with Crippen molar-refractivity contribution in [3.8, 4) is 0 Å². The SMILES string of the molecule is C.Cn1ccc2c(F)ccc(C(O)C3=NC=CC3)c21. The highest BCUT2D eigenvalue weighted by atomic mass is 19.1. The predicted octanol–water partition coefficient (Wildman–Crippen LogP) is 3.35. The Morgan fingerprint density at radius 2 is 2.16 bits per heavy atom. The van der Waals surface area contributed by atoms with Gasteiger partial charge in [-0.25, -0.2) is 4.39 Å². The van der Waals surface area contributed by atoms with Gasteiger partial charge in [0.15, 0.2) is 0 Å². The van der Waals surface area contributed by atoms with Gasteiger partial charge in [-0.15, -0.1) is 0 Å². The first-order chi connectivity index (χ1) is 8.68. The molecule has 1 aromatic heterocycles. The van der Waals surface area contributed by atoms with Gasteiger partial charge in [-0.1, -0.05) is 19.6 Å². The minimum absolute atomic E-state index is 0. The summed E-state index contributed by atoms with van der Waals surface area (Å²) in [5, 5.41) is 10.9. The zero-order valence-corrected chi connectivity index (χ0v) is 9.97. The lowest BCUT2D eigenvalue weighted by Gasteiger charge is -2.14. The molecule has 19 heavy (non-hydrogen) atoms. The maximum atomic E-state index is 13.7. The van der Waals surface area contributed by atoms with Crippen LogP contribution in [0.15, 0.2) is 41.7 Å². The second-order valence-electron chi connectivity index (χ2n) is 4.44. The Bertz CT molecular complexity index is 670. The number of rotatable bonds is 2. The molecule has 0 amide bonds. The molecule has 3 rings (SSSR count). The molecule has 2 heterocycles. The molecule has 1 unspecified atom stereocenters. The van der Waals surface area contributed by atoms with E-state index in [9.17, 15) is 9.50 Å². The van der Waals surface area contributed by atoms with E-state index in [-0.39, 0.29) is 13.2 Å². The van der Waals surface area contributed by atoms with Crippen LogP contribution in [0.4, 0.5) is 4.39 Å². The van der Waals surface area contributed by atoms with Crippen molar-refractivity contribution in [1.29, 1.82) is 0 Å². The number of aliphatic hydroxyl groups is 1. The van der Waals surface area contributed by atoms with Gasteiger partial charge >= 0.3 is 0 Å². The van der Waals surface area contributed by atoms with Gasteiger partial charge in [0.25, 0.3) is 0 Å². The van der Waals surface area contributed by atoms with Gasteiger partial charge in [-0.2, -0.15) is 0 Å². The molecular weight excluding hydrogens is 243 g/mol. The third kappa shape index (κ3) is 2.08. The van der Waals surface area contributed by atoms with E-state index in [2.05, 4.69) is 4.99 Å². The number of benzene rings is 1. The second-order valence-corrected chi connectivity index (χ2v) is 4.44. The highest BCUT2D eigenvalue weighted by Gasteiger charge is 2.20. The molecule has 0 saturated heterocycles. The Morgan fingerprint density at radius 3 is 2.84 bits per heavy atom. The molecule has 0 radical (unpaired) electrons. The number of halogens is 1. The average molecular weight is 260 g/mol. The summed E-state index contributed by atoms with van der Waals surface area (Å²) in [6, 6.07) is 4.74. The van der Waals surface area contributed by atoms with Gasteiger partial charge in [-0.05, 0) is 12.1 Å². The van der Waals surface area contributed by atoms with E-state index in [1.54, 1.807) is 24.5 Å². The normalized spacial score (nSPS) is 15.4. The number of aliphatic hydroxyl groups excluding tert-OH is 1. The number of aromatic nitrogens is 1. The highest BCUT2D eigenvalue weighted by Crippen LogP contribution is 2.29. The molecule has 1 N–H and O–H groups in total. The van der Waals surface area contributed by atoms with Gasteiger partial charge in [-0.3, -0.25) is 4.99 Å². The predicted molar refractivity (Wildman–Crippen MR) is 75.8 cm³/mol. The lowest BCUT2D eigenvalue weighted by Crippen LogP contribution is -2.11. The van der Waals surface area contributed by atoms with Crippen molar-refractivity contribution in [3.63, 3.8) is 0 Å². The Balaban J connectivity index is 0.00000133. The summed E-state index contributed by atoms with van der Waals surface area (Å²) in [6.07, 6.45) is 5.23. The molecule has 2 aromatic rings. The van der Waals surface area contributed by atoms with Crippen LogP contribution in [0.2, 0.25) is 0 Å². The number of hydrogen-bond acceptors (Lipinski definition) is 2. The Morgan fingerprint density at radius 1 is 1.37 bits per heavy atom. The van der Waals surface area contributed by atoms with Crippen LogP contribution in [0.5, 0.6) is 0 Å². The summed E-state index contributed by atoms with van der Waals surface area (Å²) in [5.41, 5.74) is 2.11. The van der Waals surface area contributed by atoms with E-state index in [1.807, 2.05) is 17.7 Å². The van der Waals surface area contributed by atoms with E-state index in [0.29, 0.717) is 23.1 Å². The standard InChI is InChI=1S/C14H13FN2O.CH4/c1-17-8-6-9-11(15)5-4-10(13(9)17)14(18)12-3-2-7-16-12;/h2,4-8,14,18H,3H2,1H3;1H4. The Labute approximate surface area is 111 Å². The Hall–Kier alpha value is -1.94. The maximum Gasteiger partial charge on any atom is 0.132 e. The quantitative estimate of drug-likeness (QED) is 0.883. The number of hydrogen-bond donors (Lipinski definition) is 1. The summed E-state index contributed by atoms with van der Waals surface area (Å²) in [6.45, 7) is 0. The number of fused-ring (bicyclic) bond motifs is 1. The summed E-state index contributed by atoms with van der Waals surface area (Å²) < 4.78 is 15.5. The smallest absolute Gasteiger partial charge is 0.132 e. The van der Waals surface area contributed by atoms with Crippen molar-refractivity contribution >= 4 is 16.6 Å². The van der Waals surface area contributed by atoms with Crippen LogP contribution in [-0.4, -0.2) is 15.4 Å². The molecule has 1 aliphatic rings. The summed E-state index contributed by atoms with van der Waals surface area (Å²) in [7, 11) is 1.84. The van der Waals surface area contributed by atoms with Crippen LogP contribution in [0.25, 0.3) is 10.9 Å². The molecule has 0 bridgehead atoms. The van der Waals surface area contributed by atoms with E-state index >= 15 is 0 Å². The minimum atomic E-state index is -0.781.